The van der Waals surface area contributed by atoms with Gasteiger partial charge in [-0.25, -0.2) is 0 Å². The monoisotopic (exact) mass is 256 g/mol. The number of nitrogens with one attached hydrogen (secondary N) is 1. The fourth-order valence-corrected chi connectivity index (χ4v) is 3.92. The Morgan fingerprint density at radius 3 is 2.82 bits per heavy atom. The lowest BCUT2D eigenvalue weighted by Crippen LogP contribution is -2.43. The fourth-order valence-electron chi connectivity index (χ4n) is 2.36. The molecular formula is C13H24N2OS. The van der Waals surface area contributed by atoms with Crippen molar-refractivity contribution in [1.82, 2.24) is 5.32 Å². The molecule has 1 aliphatic rings. The first kappa shape index (κ1) is 14.8. The minimum absolute atomic E-state index is 0.356. The predicted octanol–water partition coefficient (Wildman–Crippen LogP) is 2.57. The number of rotatable bonds is 6. The van der Waals surface area contributed by atoms with Crippen LogP contribution in [-0.2, 0) is 4.74 Å². The van der Waals surface area contributed by atoms with Gasteiger partial charge in [0.15, 0.2) is 0 Å². The van der Waals surface area contributed by atoms with Gasteiger partial charge in [-0.1, -0.05) is 13.8 Å². The molecule has 4 heteroatoms. The van der Waals surface area contributed by atoms with E-state index in [4.69, 9.17) is 4.74 Å². The summed E-state index contributed by atoms with van der Waals surface area (Å²) in [6.45, 7) is 10.1. The Morgan fingerprint density at radius 2 is 2.35 bits per heavy atom. The maximum atomic E-state index is 9.23. The normalized spacial score (nSPS) is 29.6. The van der Waals surface area contributed by atoms with Gasteiger partial charge in [-0.05, 0) is 33.2 Å². The van der Waals surface area contributed by atoms with Crippen molar-refractivity contribution in [3.8, 4) is 6.07 Å². The van der Waals surface area contributed by atoms with Gasteiger partial charge in [-0.15, -0.1) is 0 Å². The highest BCUT2D eigenvalue weighted by Crippen LogP contribution is 2.32. The van der Waals surface area contributed by atoms with E-state index in [1.54, 1.807) is 0 Å². The molecule has 4 unspecified atom stereocenters. The second-order valence-electron chi connectivity index (χ2n) is 5.03. The summed E-state index contributed by atoms with van der Waals surface area (Å²) in [5.74, 6) is 0. The van der Waals surface area contributed by atoms with Gasteiger partial charge in [0.1, 0.15) is 5.54 Å². The van der Waals surface area contributed by atoms with E-state index in [0.717, 1.165) is 26.0 Å². The maximum absolute atomic E-state index is 9.23. The number of nitriles is 1. The summed E-state index contributed by atoms with van der Waals surface area (Å²) in [6, 6.07) is 2.39. The lowest BCUT2D eigenvalue weighted by Gasteiger charge is -2.27. The van der Waals surface area contributed by atoms with Crippen molar-refractivity contribution in [2.45, 2.75) is 62.7 Å². The highest BCUT2D eigenvalue weighted by molar-refractivity contribution is 8.00. The number of thioether (sulfide) groups is 1. The van der Waals surface area contributed by atoms with Crippen molar-refractivity contribution < 1.29 is 4.74 Å². The van der Waals surface area contributed by atoms with Crippen LogP contribution < -0.4 is 5.32 Å². The second-order valence-corrected chi connectivity index (χ2v) is 6.71. The van der Waals surface area contributed by atoms with Gasteiger partial charge in [0, 0.05) is 17.1 Å². The number of hydrogen-bond acceptors (Lipinski definition) is 4. The smallest absolute Gasteiger partial charge is 0.104 e. The molecule has 0 saturated carbocycles. The van der Waals surface area contributed by atoms with Gasteiger partial charge >= 0.3 is 0 Å². The molecule has 1 fully saturated rings. The van der Waals surface area contributed by atoms with Gasteiger partial charge in [-0.3, -0.25) is 5.32 Å². The third kappa shape index (κ3) is 4.50. The van der Waals surface area contributed by atoms with Crippen LogP contribution in [0.2, 0.25) is 0 Å². The molecule has 0 aromatic carbocycles. The van der Waals surface area contributed by atoms with Crippen LogP contribution in [0.25, 0.3) is 0 Å². The molecule has 0 aromatic rings. The molecular weight excluding hydrogens is 232 g/mol. The minimum Gasteiger partial charge on any atom is -0.377 e. The first-order valence-electron chi connectivity index (χ1n) is 6.44. The predicted molar refractivity (Wildman–Crippen MR) is 73.2 cm³/mol. The quantitative estimate of drug-likeness (QED) is 0.793. The largest absolute Gasteiger partial charge is 0.377 e. The molecule has 0 radical (unpaired) electrons. The van der Waals surface area contributed by atoms with Crippen molar-refractivity contribution in [2.75, 3.05) is 13.2 Å². The van der Waals surface area contributed by atoms with Crippen LogP contribution in [0.5, 0.6) is 0 Å². The minimum atomic E-state index is -0.399. The van der Waals surface area contributed by atoms with Crippen LogP contribution >= 0.6 is 11.8 Å². The van der Waals surface area contributed by atoms with Crippen molar-refractivity contribution >= 4 is 11.8 Å². The zero-order chi connectivity index (χ0) is 12.9. The molecule has 1 heterocycles. The van der Waals surface area contributed by atoms with Gasteiger partial charge in [0.05, 0.1) is 12.2 Å². The van der Waals surface area contributed by atoms with Crippen molar-refractivity contribution in [1.29, 1.82) is 5.26 Å². The van der Waals surface area contributed by atoms with E-state index >= 15 is 0 Å². The maximum Gasteiger partial charge on any atom is 0.104 e. The first-order chi connectivity index (χ1) is 8.00. The van der Waals surface area contributed by atoms with Gasteiger partial charge in [-0.2, -0.15) is 17.0 Å². The Labute approximate surface area is 109 Å². The van der Waals surface area contributed by atoms with Crippen molar-refractivity contribution in [3.05, 3.63) is 0 Å². The Hall–Kier alpha value is -0.240. The Balaban J connectivity index is 2.42. The topological polar surface area (TPSA) is 45.0 Å². The van der Waals surface area contributed by atoms with E-state index in [2.05, 4.69) is 25.2 Å². The van der Waals surface area contributed by atoms with Crippen molar-refractivity contribution in [2.24, 2.45) is 0 Å². The zero-order valence-corrected chi connectivity index (χ0v) is 12.1. The Morgan fingerprint density at radius 1 is 1.65 bits per heavy atom. The molecule has 0 aliphatic carbocycles. The standard InChI is InChI=1S/C13H24N2OS/c1-5-15-13(4,9-14)8-10(2)17-12-6-7-16-11(12)3/h10-12,15H,5-8H2,1-4H3. The van der Waals surface area contributed by atoms with Crippen LogP contribution in [0.15, 0.2) is 0 Å². The van der Waals surface area contributed by atoms with Gasteiger partial charge in [0.2, 0.25) is 0 Å². The Bertz CT molecular complexity index is 279. The summed E-state index contributed by atoms with van der Waals surface area (Å²) >= 11 is 1.97. The molecule has 1 rings (SSSR count). The molecule has 17 heavy (non-hydrogen) atoms. The van der Waals surface area contributed by atoms with E-state index in [1.807, 2.05) is 25.6 Å². The lowest BCUT2D eigenvalue weighted by molar-refractivity contribution is 0.127. The van der Waals surface area contributed by atoms with E-state index in [9.17, 15) is 5.26 Å². The van der Waals surface area contributed by atoms with Crippen LogP contribution in [0, 0.1) is 11.3 Å². The average molecular weight is 256 g/mol. The third-order valence-electron chi connectivity index (χ3n) is 3.22. The number of nitrogens with zero attached hydrogens (tertiary/aromatic N) is 1. The first-order valence-corrected chi connectivity index (χ1v) is 7.38. The molecule has 0 bridgehead atoms. The molecule has 0 amide bonds. The van der Waals surface area contributed by atoms with Crippen LogP contribution in [0.4, 0.5) is 0 Å². The van der Waals surface area contributed by atoms with Crippen LogP contribution in [0.3, 0.4) is 0 Å². The van der Waals surface area contributed by atoms with Gasteiger partial charge < -0.3 is 4.74 Å². The average Bonchev–Trinajstić information content (AvgIpc) is 2.64. The molecule has 1 saturated heterocycles. The Kier molecular flexibility index (Phi) is 5.78. The molecule has 1 aliphatic heterocycles. The van der Waals surface area contributed by atoms with Gasteiger partial charge in [0.25, 0.3) is 0 Å². The highest BCUT2D eigenvalue weighted by atomic mass is 32.2. The summed E-state index contributed by atoms with van der Waals surface area (Å²) in [5, 5.41) is 13.6. The summed E-state index contributed by atoms with van der Waals surface area (Å²) in [7, 11) is 0. The molecule has 0 aromatic heterocycles. The zero-order valence-electron chi connectivity index (χ0n) is 11.3. The number of ether oxygens (including phenoxy) is 1. The second kappa shape index (κ2) is 6.63. The van der Waals surface area contributed by atoms with Crippen LogP contribution in [-0.4, -0.2) is 35.3 Å². The molecule has 3 nitrogen and oxygen atoms in total. The summed E-state index contributed by atoms with van der Waals surface area (Å²) in [6.07, 6.45) is 2.38. The van der Waals surface area contributed by atoms with E-state index in [0.29, 0.717) is 16.6 Å². The lowest BCUT2D eigenvalue weighted by atomic mass is 9.98. The highest BCUT2D eigenvalue weighted by Gasteiger charge is 2.30. The summed E-state index contributed by atoms with van der Waals surface area (Å²) < 4.78 is 5.57. The molecule has 0 spiro atoms. The van der Waals surface area contributed by atoms with E-state index in [1.165, 1.54) is 0 Å². The summed E-state index contributed by atoms with van der Waals surface area (Å²) in [5.41, 5.74) is -0.399. The van der Waals surface area contributed by atoms with Crippen LogP contribution in [0.1, 0.15) is 40.5 Å². The van der Waals surface area contributed by atoms with E-state index in [-0.39, 0.29) is 0 Å². The summed E-state index contributed by atoms with van der Waals surface area (Å²) in [4.78, 5) is 0. The fraction of sp³-hybridized carbons (Fsp3) is 0.923. The SMILES string of the molecule is CCNC(C)(C#N)CC(C)SC1CCOC1C. The third-order valence-corrected chi connectivity index (χ3v) is 4.82. The molecule has 4 atom stereocenters. The molecule has 98 valence electrons. The van der Waals surface area contributed by atoms with E-state index < -0.39 is 5.54 Å². The van der Waals surface area contributed by atoms with Crippen molar-refractivity contribution in [3.63, 3.8) is 0 Å². The molecule has 1 N–H and O–H groups in total. The number of hydrogen-bond donors (Lipinski definition) is 1.